The van der Waals surface area contributed by atoms with E-state index in [4.69, 9.17) is 17.3 Å². The summed E-state index contributed by atoms with van der Waals surface area (Å²) in [5.74, 6) is 0. The van der Waals surface area contributed by atoms with Crippen molar-refractivity contribution in [3.63, 3.8) is 0 Å². The number of rotatable bonds is 2. The van der Waals surface area contributed by atoms with Gasteiger partial charge in [0.15, 0.2) is 5.65 Å². The zero-order chi connectivity index (χ0) is 12.5. The molecular weight excluding hydrogens is 246 g/mol. The molecule has 0 radical (unpaired) electrons. The number of nitrogens with zero attached hydrogens (tertiary/aromatic N) is 2. The molecule has 90 valence electrons. The quantitative estimate of drug-likeness (QED) is 0.766. The van der Waals surface area contributed by atoms with Gasteiger partial charge in [-0.05, 0) is 11.6 Å². The molecule has 2 heterocycles. The fourth-order valence-electron chi connectivity index (χ4n) is 2.03. The Morgan fingerprint density at radius 2 is 1.94 bits per heavy atom. The van der Waals surface area contributed by atoms with Crippen molar-refractivity contribution in [2.45, 2.75) is 6.42 Å². The van der Waals surface area contributed by atoms with E-state index >= 15 is 0 Å². The Morgan fingerprint density at radius 3 is 2.72 bits per heavy atom. The van der Waals surface area contributed by atoms with Crippen molar-refractivity contribution in [1.82, 2.24) is 9.38 Å². The molecule has 3 aromatic rings. The monoisotopic (exact) mass is 257 g/mol. The van der Waals surface area contributed by atoms with Gasteiger partial charge in [0.1, 0.15) is 0 Å². The SMILES string of the molecule is Nc1cc(Cl)cn2cc(Cc3ccccc3)nc12. The Labute approximate surface area is 110 Å². The minimum absolute atomic E-state index is 0.599. The number of halogens is 1. The molecule has 0 unspecified atom stereocenters. The molecule has 0 bridgehead atoms. The van der Waals surface area contributed by atoms with Gasteiger partial charge < -0.3 is 10.1 Å². The number of hydrogen-bond donors (Lipinski definition) is 1. The average molecular weight is 258 g/mol. The fourth-order valence-corrected chi connectivity index (χ4v) is 2.25. The van der Waals surface area contributed by atoms with Gasteiger partial charge in [0, 0.05) is 18.8 Å². The molecule has 0 aliphatic carbocycles. The average Bonchev–Trinajstić information content (AvgIpc) is 2.73. The highest BCUT2D eigenvalue weighted by Gasteiger charge is 2.06. The lowest BCUT2D eigenvalue weighted by molar-refractivity contribution is 1.11. The lowest BCUT2D eigenvalue weighted by atomic mass is 10.1. The highest BCUT2D eigenvalue weighted by atomic mass is 35.5. The number of hydrogen-bond acceptors (Lipinski definition) is 2. The normalized spacial score (nSPS) is 10.9. The highest BCUT2D eigenvalue weighted by Crippen LogP contribution is 2.20. The molecule has 0 atom stereocenters. The lowest BCUT2D eigenvalue weighted by Crippen LogP contribution is -1.91. The predicted molar refractivity (Wildman–Crippen MR) is 73.9 cm³/mol. The van der Waals surface area contributed by atoms with E-state index in [9.17, 15) is 0 Å². The molecule has 0 saturated heterocycles. The second-order valence-corrected chi connectivity index (χ2v) is 4.68. The van der Waals surface area contributed by atoms with E-state index in [1.165, 1.54) is 5.56 Å². The molecule has 4 heteroatoms. The Hall–Kier alpha value is -2.00. The first-order valence-electron chi connectivity index (χ1n) is 5.69. The van der Waals surface area contributed by atoms with Gasteiger partial charge in [-0.2, -0.15) is 0 Å². The van der Waals surface area contributed by atoms with Gasteiger partial charge in [-0.25, -0.2) is 4.98 Å². The van der Waals surface area contributed by atoms with Crippen LogP contribution in [-0.4, -0.2) is 9.38 Å². The minimum atomic E-state index is 0.599. The van der Waals surface area contributed by atoms with Crippen LogP contribution < -0.4 is 5.73 Å². The van der Waals surface area contributed by atoms with Crippen molar-refractivity contribution < 1.29 is 0 Å². The smallest absolute Gasteiger partial charge is 0.160 e. The van der Waals surface area contributed by atoms with Crippen molar-refractivity contribution >= 4 is 22.9 Å². The number of benzene rings is 1. The number of imidazole rings is 1. The van der Waals surface area contributed by atoms with Crippen molar-refractivity contribution in [2.75, 3.05) is 5.73 Å². The molecule has 0 fully saturated rings. The second kappa shape index (κ2) is 4.35. The third kappa shape index (κ3) is 2.05. The summed E-state index contributed by atoms with van der Waals surface area (Å²) >= 11 is 5.96. The van der Waals surface area contributed by atoms with Crippen molar-refractivity contribution in [3.05, 3.63) is 65.1 Å². The van der Waals surface area contributed by atoms with Crippen LogP contribution in [0, 0.1) is 0 Å². The maximum atomic E-state index is 5.96. The van der Waals surface area contributed by atoms with Crippen LogP contribution in [0.4, 0.5) is 5.69 Å². The number of anilines is 1. The minimum Gasteiger partial charge on any atom is -0.396 e. The lowest BCUT2D eigenvalue weighted by Gasteiger charge is -1.97. The number of aromatic nitrogens is 2. The summed E-state index contributed by atoms with van der Waals surface area (Å²) in [6.07, 6.45) is 4.57. The Morgan fingerprint density at radius 1 is 1.17 bits per heavy atom. The van der Waals surface area contributed by atoms with Crippen LogP contribution >= 0.6 is 11.6 Å². The zero-order valence-corrected chi connectivity index (χ0v) is 10.4. The Kier molecular flexibility index (Phi) is 2.68. The summed E-state index contributed by atoms with van der Waals surface area (Å²) in [5, 5.41) is 0.615. The standard InChI is InChI=1S/C14H12ClN3/c15-11-7-13(16)14-17-12(9-18(14)8-11)6-10-4-2-1-3-5-10/h1-5,7-9H,6,16H2. The van der Waals surface area contributed by atoms with Crippen LogP contribution in [0.2, 0.25) is 5.02 Å². The zero-order valence-electron chi connectivity index (χ0n) is 9.68. The van der Waals surface area contributed by atoms with Crippen molar-refractivity contribution in [1.29, 1.82) is 0 Å². The van der Waals surface area contributed by atoms with Gasteiger partial charge >= 0.3 is 0 Å². The molecule has 0 aliphatic heterocycles. The molecule has 0 spiro atoms. The molecule has 0 amide bonds. The van der Waals surface area contributed by atoms with Crippen LogP contribution in [0.3, 0.4) is 0 Å². The van der Waals surface area contributed by atoms with E-state index in [1.807, 2.05) is 35.0 Å². The second-order valence-electron chi connectivity index (χ2n) is 4.24. The van der Waals surface area contributed by atoms with Crippen LogP contribution in [0.25, 0.3) is 5.65 Å². The van der Waals surface area contributed by atoms with Crippen LogP contribution in [0.5, 0.6) is 0 Å². The van der Waals surface area contributed by atoms with Gasteiger partial charge in [-0.1, -0.05) is 41.9 Å². The molecule has 18 heavy (non-hydrogen) atoms. The van der Waals surface area contributed by atoms with Gasteiger partial charge in [-0.3, -0.25) is 0 Å². The molecule has 3 rings (SSSR count). The first-order valence-corrected chi connectivity index (χ1v) is 6.07. The van der Waals surface area contributed by atoms with Crippen molar-refractivity contribution in [3.8, 4) is 0 Å². The molecule has 2 N–H and O–H groups in total. The first kappa shape index (κ1) is 11.1. The summed E-state index contributed by atoms with van der Waals surface area (Å²) in [7, 11) is 0. The van der Waals surface area contributed by atoms with E-state index in [2.05, 4.69) is 17.1 Å². The first-order chi connectivity index (χ1) is 8.72. The number of pyridine rings is 1. The number of fused-ring (bicyclic) bond motifs is 1. The molecular formula is C14H12ClN3. The van der Waals surface area contributed by atoms with E-state index < -0.39 is 0 Å². The fraction of sp³-hybridized carbons (Fsp3) is 0.0714. The van der Waals surface area contributed by atoms with Crippen LogP contribution in [-0.2, 0) is 6.42 Å². The highest BCUT2D eigenvalue weighted by molar-refractivity contribution is 6.30. The van der Waals surface area contributed by atoms with Crippen molar-refractivity contribution in [2.24, 2.45) is 0 Å². The van der Waals surface area contributed by atoms with E-state index in [1.54, 1.807) is 6.07 Å². The van der Waals surface area contributed by atoms with Gasteiger partial charge in [0.05, 0.1) is 16.4 Å². The Balaban J connectivity index is 2.01. The summed E-state index contributed by atoms with van der Waals surface area (Å²) in [5.41, 5.74) is 9.46. The van der Waals surface area contributed by atoms with Gasteiger partial charge in [0.2, 0.25) is 0 Å². The number of nitrogens with two attached hydrogens (primary N) is 1. The number of nitrogen functional groups attached to an aromatic ring is 1. The summed E-state index contributed by atoms with van der Waals surface area (Å²) in [4.78, 5) is 4.53. The molecule has 0 aliphatic rings. The van der Waals surface area contributed by atoms with Gasteiger partial charge in [0.25, 0.3) is 0 Å². The predicted octanol–water partition coefficient (Wildman–Crippen LogP) is 3.16. The molecule has 1 aromatic carbocycles. The van der Waals surface area contributed by atoms with Crippen LogP contribution in [0.15, 0.2) is 48.8 Å². The van der Waals surface area contributed by atoms with E-state index in [0.29, 0.717) is 10.7 Å². The third-order valence-corrected chi connectivity index (χ3v) is 3.03. The summed E-state index contributed by atoms with van der Waals surface area (Å²) in [6.45, 7) is 0. The van der Waals surface area contributed by atoms with E-state index in [-0.39, 0.29) is 0 Å². The maximum Gasteiger partial charge on any atom is 0.160 e. The topological polar surface area (TPSA) is 43.3 Å². The third-order valence-electron chi connectivity index (χ3n) is 2.82. The van der Waals surface area contributed by atoms with Crippen LogP contribution in [0.1, 0.15) is 11.3 Å². The Bertz CT molecular complexity index is 689. The molecule has 0 saturated carbocycles. The summed E-state index contributed by atoms with van der Waals surface area (Å²) in [6, 6.07) is 11.9. The van der Waals surface area contributed by atoms with E-state index in [0.717, 1.165) is 17.8 Å². The molecule has 2 aromatic heterocycles. The summed E-state index contributed by atoms with van der Waals surface area (Å²) < 4.78 is 1.87. The van der Waals surface area contributed by atoms with Gasteiger partial charge in [-0.15, -0.1) is 0 Å². The molecule has 3 nitrogen and oxygen atoms in total. The largest absolute Gasteiger partial charge is 0.396 e. The maximum absolute atomic E-state index is 5.96.